The Kier molecular flexibility index (Phi) is 10.5. The van der Waals surface area contributed by atoms with Crippen molar-refractivity contribution >= 4 is 39.1 Å². The number of anilines is 1. The van der Waals surface area contributed by atoms with Crippen LogP contribution in [-0.4, -0.2) is 50.3 Å². The van der Waals surface area contributed by atoms with Gasteiger partial charge in [0.15, 0.2) is 0 Å². The molecule has 3 aromatic carbocycles. The Balaban J connectivity index is 1.98. The molecule has 7 nitrogen and oxygen atoms in total. The minimum atomic E-state index is -4.24. The van der Waals surface area contributed by atoms with Crippen LogP contribution in [0.2, 0.25) is 5.02 Å². The highest BCUT2D eigenvalue weighted by molar-refractivity contribution is 7.92. The van der Waals surface area contributed by atoms with E-state index in [0.29, 0.717) is 12.8 Å². The lowest BCUT2D eigenvalue weighted by molar-refractivity contribution is -0.139. The van der Waals surface area contributed by atoms with Crippen molar-refractivity contribution in [2.45, 2.75) is 50.6 Å². The second-order valence-electron chi connectivity index (χ2n) is 9.24. The number of halogens is 2. The molecule has 208 valence electrons. The number of sulfonamides is 1. The first-order chi connectivity index (χ1) is 18.5. The van der Waals surface area contributed by atoms with E-state index in [1.54, 1.807) is 25.1 Å². The summed E-state index contributed by atoms with van der Waals surface area (Å²) in [6, 6.07) is 19.6. The SMILES string of the molecule is CC[C@@H](C)NC(=O)[C@H](C)N(CCc1ccccc1)C(=O)CN(c1ccc(F)c(Cl)c1)S(=O)(=O)c1ccccc1. The maximum absolute atomic E-state index is 13.9. The van der Waals surface area contributed by atoms with Crippen molar-refractivity contribution in [1.29, 1.82) is 0 Å². The quantitative estimate of drug-likeness (QED) is 0.328. The molecule has 0 saturated heterocycles. The van der Waals surface area contributed by atoms with E-state index in [0.717, 1.165) is 22.0 Å². The molecule has 0 saturated carbocycles. The van der Waals surface area contributed by atoms with Gasteiger partial charge in [0, 0.05) is 12.6 Å². The molecule has 10 heteroatoms. The first-order valence-electron chi connectivity index (χ1n) is 12.7. The van der Waals surface area contributed by atoms with Crippen molar-refractivity contribution in [2.75, 3.05) is 17.4 Å². The van der Waals surface area contributed by atoms with Gasteiger partial charge in [0.1, 0.15) is 18.4 Å². The average molecular weight is 574 g/mol. The predicted octanol–water partition coefficient (Wildman–Crippen LogP) is 5.05. The number of amides is 2. The summed E-state index contributed by atoms with van der Waals surface area (Å²) < 4.78 is 42.2. The zero-order chi connectivity index (χ0) is 28.6. The average Bonchev–Trinajstić information content (AvgIpc) is 2.94. The van der Waals surface area contributed by atoms with Crippen LogP contribution in [-0.2, 0) is 26.0 Å². The summed E-state index contributed by atoms with van der Waals surface area (Å²) in [4.78, 5) is 28.2. The van der Waals surface area contributed by atoms with Gasteiger partial charge in [-0.15, -0.1) is 0 Å². The van der Waals surface area contributed by atoms with Crippen LogP contribution in [0.25, 0.3) is 0 Å². The third-order valence-corrected chi connectivity index (χ3v) is 8.53. The van der Waals surface area contributed by atoms with E-state index in [4.69, 9.17) is 11.6 Å². The largest absolute Gasteiger partial charge is 0.352 e. The molecule has 0 aromatic heterocycles. The summed E-state index contributed by atoms with van der Waals surface area (Å²) in [5, 5.41) is 2.61. The second-order valence-corrected chi connectivity index (χ2v) is 11.5. The van der Waals surface area contributed by atoms with Gasteiger partial charge in [-0.3, -0.25) is 13.9 Å². The number of hydrogen-bond donors (Lipinski definition) is 1. The number of carbonyl (C=O) groups is 2. The molecule has 0 aliphatic carbocycles. The van der Waals surface area contributed by atoms with Gasteiger partial charge < -0.3 is 10.2 Å². The minimum absolute atomic E-state index is 0.0262. The van der Waals surface area contributed by atoms with E-state index < -0.39 is 34.3 Å². The number of hydrogen-bond acceptors (Lipinski definition) is 4. The van der Waals surface area contributed by atoms with E-state index in [2.05, 4.69) is 5.32 Å². The molecule has 1 N–H and O–H groups in total. The smallest absolute Gasteiger partial charge is 0.264 e. The molecule has 0 heterocycles. The Bertz CT molecular complexity index is 1370. The van der Waals surface area contributed by atoms with Crippen LogP contribution in [0.5, 0.6) is 0 Å². The molecule has 0 unspecified atom stereocenters. The molecule has 3 rings (SSSR count). The van der Waals surface area contributed by atoms with Crippen molar-refractivity contribution < 1.29 is 22.4 Å². The zero-order valence-corrected chi connectivity index (χ0v) is 23.8. The fraction of sp³-hybridized carbons (Fsp3) is 0.310. The fourth-order valence-corrected chi connectivity index (χ4v) is 5.53. The van der Waals surface area contributed by atoms with E-state index in [1.807, 2.05) is 44.2 Å². The molecule has 3 aromatic rings. The van der Waals surface area contributed by atoms with Gasteiger partial charge in [-0.1, -0.05) is 67.1 Å². The number of nitrogens with one attached hydrogen (secondary N) is 1. The minimum Gasteiger partial charge on any atom is -0.352 e. The van der Waals surface area contributed by atoms with Crippen LogP contribution in [0, 0.1) is 5.82 Å². The summed E-state index contributed by atoms with van der Waals surface area (Å²) in [5.41, 5.74) is 0.988. The monoisotopic (exact) mass is 573 g/mol. The van der Waals surface area contributed by atoms with Crippen LogP contribution in [0.3, 0.4) is 0 Å². The summed E-state index contributed by atoms with van der Waals surface area (Å²) >= 11 is 5.98. The van der Waals surface area contributed by atoms with Crippen LogP contribution in [0.4, 0.5) is 10.1 Å². The first kappa shape index (κ1) is 30.1. The highest BCUT2D eigenvalue weighted by Crippen LogP contribution is 2.28. The van der Waals surface area contributed by atoms with Crippen LogP contribution in [0.1, 0.15) is 32.8 Å². The van der Waals surface area contributed by atoms with Crippen LogP contribution in [0.15, 0.2) is 83.8 Å². The van der Waals surface area contributed by atoms with Crippen molar-refractivity contribution in [3.63, 3.8) is 0 Å². The number of rotatable bonds is 12. The van der Waals surface area contributed by atoms with Crippen molar-refractivity contribution in [3.05, 3.63) is 95.3 Å². The Morgan fingerprint density at radius 1 is 0.974 bits per heavy atom. The van der Waals surface area contributed by atoms with Gasteiger partial charge >= 0.3 is 0 Å². The maximum Gasteiger partial charge on any atom is 0.264 e. The lowest BCUT2D eigenvalue weighted by Gasteiger charge is -2.32. The predicted molar refractivity (Wildman–Crippen MR) is 152 cm³/mol. The van der Waals surface area contributed by atoms with Crippen molar-refractivity contribution in [2.24, 2.45) is 0 Å². The molecule has 0 aliphatic rings. The van der Waals surface area contributed by atoms with Crippen molar-refractivity contribution in [1.82, 2.24) is 10.2 Å². The third-order valence-electron chi connectivity index (χ3n) is 6.45. The lowest BCUT2D eigenvalue weighted by Crippen LogP contribution is -2.53. The normalized spacial score (nSPS) is 12.8. The molecular formula is C29H33ClFN3O4S. The van der Waals surface area contributed by atoms with E-state index in [-0.39, 0.29) is 34.1 Å². The van der Waals surface area contributed by atoms with E-state index in [1.165, 1.54) is 23.1 Å². The zero-order valence-electron chi connectivity index (χ0n) is 22.2. The molecule has 0 radical (unpaired) electrons. The van der Waals surface area contributed by atoms with Crippen molar-refractivity contribution in [3.8, 4) is 0 Å². The summed E-state index contributed by atoms with van der Waals surface area (Å²) in [7, 11) is -4.24. The van der Waals surface area contributed by atoms with Crippen LogP contribution < -0.4 is 9.62 Å². The highest BCUT2D eigenvalue weighted by Gasteiger charge is 2.32. The standard InChI is InChI=1S/C29H33ClFN3O4S/c1-4-21(2)32-29(36)22(3)33(18-17-23-11-7-5-8-12-23)28(35)20-34(24-15-16-27(31)26(30)19-24)39(37,38)25-13-9-6-10-14-25/h5-16,19,21-22H,4,17-18,20H2,1-3H3,(H,32,36)/t21-,22+/m1/s1. The lowest BCUT2D eigenvalue weighted by atomic mass is 10.1. The number of carbonyl (C=O) groups excluding carboxylic acids is 2. The maximum atomic E-state index is 13.9. The molecule has 0 aliphatic heterocycles. The van der Waals surface area contributed by atoms with Gasteiger partial charge in [-0.05, 0) is 62.6 Å². The van der Waals surface area contributed by atoms with Gasteiger partial charge in [0.05, 0.1) is 15.6 Å². The van der Waals surface area contributed by atoms with Gasteiger partial charge in [0.25, 0.3) is 10.0 Å². The molecule has 39 heavy (non-hydrogen) atoms. The topological polar surface area (TPSA) is 86.8 Å². The van der Waals surface area contributed by atoms with Crippen LogP contribution >= 0.6 is 11.6 Å². The van der Waals surface area contributed by atoms with Gasteiger partial charge in [0.2, 0.25) is 11.8 Å². The van der Waals surface area contributed by atoms with Gasteiger partial charge in [-0.25, -0.2) is 12.8 Å². The second kappa shape index (κ2) is 13.6. The summed E-state index contributed by atoms with van der Waals surface area (Å²) in [6.45, 7) is 4.99. The molecular weight excluding hydrogens is 541 g/mol. The van der Waals surface area contributed by atoms with E-state index in [9.17, 15) is 22.4 Å². The third kappa shape index (κ3) is 7.80. The van der Waals surface area contributed by atoms with Gasteiger partial charge in [-0.2, -0.15) is 0 Å². The number of benzene rings is 3. The molecule has 0 fully saturated rings. The Morgan fingerprint density at radius 3 is 2.18 bits per heavy atom. The summed E-state index contributed by atoms with van der Waals surface area (Å²) in [6.07, 6.45) is 1.17. The molecule has 2 amide bonds. The molecule has 0 bridgehead atoms. The number of nitrogens with zero attached hydrogens (tertiary/aromatic N) is 2. The Hall–Kier alpha value is -3.43. The molecule has 2 atom stereocenters. The molecule has 0 spiro atoms. The summed E-state index contributed by atoms with van der Waals surface area (Å²) in [5.74, 6) is -1.64. The highest BCUT2D eigenvalue weighted by atomic mass is 35.5. The van der Waals surface area contributed by atoms with E-state index >= 15 is 0 Å². The Labute approximate surface area is 234 Å². The Morgan fingerprint density at radius 2 is 1.59 bits per heavy atom. The first-order valence-corrected chi connectivity index (χ1v) is 14.5. The fourth-order valence-electron chi connectivity index (χ4n) is 3.92.